The number of hydrogen-bond acceptors (Lipinski definition) is 5. The van der Waals surface area contributed by atoms with E-state index in [1.54, 1.807) is 41.8 Å². The molecular weight excluding hydrogens is 362 g/mol. The summed E-state index contributed by atoms with van der Waals surface area (Å²) in [6, 6.07) is 6.82. The van der Waals surface area contributed by atoms with Crippen molar-refractivity contribution in [3.05, 3.63) is 46.4 Å². The highest BCUT2D eigenvalue weighted by Crippen LogP contribution is 2.33. The van der Waals surface area contributed by atoms with E-state index < -0.39 is 0 Å². The van der Waals surface area contributed by atoms with Gasteiger partial charge in [0.25, 0.3) is 0 Å². The molecule has 6 nitrogen and oxygen atoms in total. The number of esters is 1. The predicted octanol–water partition coefficient (Wildman–Crippen LogP) is 4.61. The van der Waals surface area contributed by atoms with Gasteiger partial charge in [0.2, 0.25) is 0 Å². The molecule has 142 valence electrons. The minimum absolute atomic E-state index is 0.0469. The number of amides is 2. The molecule has 0 bridgehead atoms. The molecule has 2 fully saturated rings. The third kappa shape index (κ3) is 4.13. The number of thiazole rings is 1. The van der Waals surface area contributed by atoms with Crippen molar-refractivity contribution in [2.45, 2.75) is 50.7 Å². The van der Waals surface area contributed by atoms with E-state index >= 15 is 0 Å². The van der Waals surface area contributed by atoms with E-state index in [1.807, 2.05) is 10.3 Å². The maximum atomic E-state index is 12.7. The quantitative estimate of drug-likeness (QED) is 0.780. The summed E-state index contributed by atoms with van der Waals surface area (Å²) in [4.78, 5) is 31.1. The molecule has 7 heteroatoms. The highest BCUT2D eigenvalue weighted by molar-refractivity contribution is 7.09. The molecule has 1 aliphatic heterocycles. The van der Waals surface area contributed by atoms with Crippen LogP contribution in [-0.4, -0.2) is 34.5 Å². The van der Waals surface area contributed by atoms with Crippen LogP contribution >= 0.6 is 11.3 Å². The van der Waals surface area contributed by atoms with Crippen molar-refractivity contribution < 1.29 is 14.3 Å². The molecule has 4 rings (SSSR count). The van der Waals surface area contributed by atoms with Crippen LogP contribution in [0.4, 0.5) is 10.5 Å². The van der Waals surface area contributed by atoms with Gasteiger partial charge in [0.15, 0.2) is 0 Å². The Morgan fingerprint density at radius 1 is 1.11 bits per heavy atom. The average Bonchev–Trinajstić information content (AvgIpc) is 3.43. The number of aromatic nitrogens is 1. The van der Waals surface area contributed by atoms with Crippen LogP contribution in [0.1, 0.15) is 59.9 Å². The van der Waals surface area contributed by atoms with Crippen LogP contribution in [0.15, 0.2) is 35.8 Å². The summed E-state index contributed by atoms with van der Waals surface area (Å²) < 4.78 is 5.51. The Hall–Kier alpha value is -2.41. The zero-order valence-corrected chi connectivity index (χ0v) is 15.9. The van der Waals surface area contributed by atoms with Crippen molar-refractivity contribution >= 4 is 29.0 Å². The number of carbonyl (C=O) groups excluding carboxylic acids is 2. The standard InChI is InChI=1S/C20H23N3O3S/c24-19(26-16-4-1-2-5-16)14-7-9-15(10-8-14)22-20(25)23-12-3-6-17(23)18-21-11-13-27-18/h7-11,13,16-17H,1-6,12H2,(H,22,25)/t17-/m0/s1. The highest BCUT2D eigenvalue weighted by atomic mass is 32.1. The van der Waals surface area contributed by atoms with E-state index in [9.17, 15) is 9.59 Å². The summed E-state index contributed by atoms with van der Waals surface area (Å²) in [5.41, 5.74) is 1.18. The first-order valence-electron chi connectivity index (χ1n) is 9.49. The average molecular weight is 385 g/mol. The van der Waals surface area contributed by atoms with E-state index in [0.717, 1.165) is 50.1 Å². The second-order valence-electron chi connectivity index (χ2n) is 7.04. The van der Waals surface area contributed by atoms with Crippen molar-refractivity contribution in [2.24, 2.45) is 0 Å². The SMILES string of the molecule is O=C(OC1CCCC1)c1ccc(NC(=O)N2CCC[C@H]2c2nccs2)cc1. The molecule has 2 aliphatic rings. The monoisotopic (exact) mass is 385 g/mol. The first-order chi connectivity index (χ1) is 13.2. The maximum Gasteiger partial charge on any atom is 0.338 e. The lowest BCUT2D eigenvalue weighted by Crippen LogP contribution is -2.34. The molecular formula is C20H23N3O3S. The molecule has 2 aromatic rings. The van der Waals surface area contributed by atoms with Crippen molar-refractivity contribution in [1.29, 1.82) is 0 Å². The third-order valence-electron chi connectivity index (χ3n) is 5.20. The van der Waals surface area contributed by atoms with Gasteiger partial charge >= 0.3 is 12.0 Å². The van der Waals surface area contributed by atoms with Gasteiger partial charge < -0.3 is 15.0 Å². The van der Waals surface area contributed by atoms with E-state index in [0.29, 0.717) is 11.3 Å². The van der Waals surface area contributed by atoms with Gasteiger partial charge in [-0.25, -0.2) is 14.6 Å². The number of urea groups is 1. The summed E-state index contributed by atoms with van der Waals surface area (Å²) >= 11 is 1.58. The number of nitrogens with zero attached hydrogens (tertiary/aromatic N) is 2. The Morgan fingerprint density at radius 2 is 1.89 bits per heavy atom. The first kappa shape index (κ1) is 18.0. The van der Waals surface area contributed by atoms with Gasteiger partial charge in [0.1, 0.15) is 11.1 Å². The van der Waals surface area contributed by atoms with E-state index in [2.05, 4.69) is 10.3 Å². The fourth-order valence-electron chi connectivity index (χ4n) is 3.78. The Morgan fingerprint density at radius 3 is 2.59 bits per heavy atom. The lowest BCUT2D eigenvalue weighted by Gasteiger charge is -2.23. The number of anilines is 1. The summed E-state index contributed by atoms with van der Waals surface area (Å²) in [5, 5.41) is 5.84. The number of rotatable bonds is 4. The zero-order chi connectivity index (χ0) is 18.6. The molecule has 1 saturated heterocycles. The molecule has 1 atom stereocenters. The van der Waals surface area contributed by atoms with Gasteiger partial charge in [-0.2, -0.15) is 0 Å². The van der Waals surface area contributed by atoms with Gasteiger partial charge in [-0.3, -0.25) is 0 Å². The molecule has 1 aromatic heterocycles. The van der Waals surface area contributed by atoms with Crippen molar-refractivity contribution in [2.75, 3.05) is 11.9 Å². The summed E-state index contributed by atoms with van der Waals surface area (Å²) in [6.07, 6.45) is 7.90. The topological polar surface area (TPSA) is 71.5 Å². The molecule has 1 N–H and O–H groups in total. The van der Waals surface area contributed by atoms with Gasteiger partial charge in [-0.15, -0.1) is 11.3 Å². The molecule has 27 heavy (non-hydrogen) atoms. The normalized spacial score (nSPS) is 20.0. The van der Waals surface area contributed by atoms with Gasteiger partial charge in [0, 0.05) is 23.8 Å². The van der Waals surface area contributed by atoms with E-state index in [-0.39, 0.29) is 24.1 Å². The minimum atomic E-state index is -0.289. The van der Waals surface area contributed by atoms with Crippen molar-refractivity contribution in [1.82, 2.24) is 9.88 Å². The fourth-order valence-corrected chi connectivity index (χ4v) is 4.56. The predicted molar refractivity (Wildman–Crippen MR) is 104 cm³/mol. The van der Waals surface area contributed by atoms with Crippen LogP contribution in [0.5, 0.6) is 0 Å². The van der Waals surface area contributed by atoms with Crippen LogP contribution in [0.2, 0.25) is 0 Å². The second-order valence-corrected chi connectivity index (χ2v) is 7.97. The van der Waals surface area contributed by atoms with Gasteiger partial charge in [0.05, 0.1) is 11.6 Å². The molecule has 0 radical (unpaired) electrons. The highest BCUT2D eigenvalue weighted by Gasteiger charge is 2.31. The molecule has 0 unspecified atom stereocenters. The van der Waals surface area contributed by atoms with Crippen LogP contribution in [0.3, 0.4) is 0 Å². The largest absolute Gasteiger partial charge is 0.459 e. The van der Waals surface area contributed by atoms with E-state index in [4.69, 9.17) is 4.74 Å². The number of ether oxygens (including phenoxy) is 1. The Labute approximate surface area is 162 Å². The minimum Gasteiger partial charge on any atom is -0.459 e. The van der Waals surface area contributed by atoms with Crippen LogP contribution in [0.25, 0.3) is 0 Å². The second kappa shape index (κ2) is 8.08. The summed E-state index contributed by atoms with van der Waals surface area (Å²) in [5.74, 6) is -0.289. The summed E-state index contributed by atoms with van der Waals surface area (Å²) in [6.45, 7) is 0.724. The Bertz CT molecular complexity index is 785. The fraction of sp³-hybridized carbons (Fsp3) is 0.450. The van der Waals surface area contributed by atoms with Crippen molar-refractivity contribution in [3.8, 4) is 0 Å². The molecule has 0 spiro atoms. The lowest BCUT2D eigenvalue weighted by atomic mass is 10.2. The van der Waals surface area contributed by atoms with Crippen LogP contribution in [-0.2, 0) is 4.74 Å². The smallest absolute Gasteiger partial charge is 0.338 e. The molecule has 1 saturated carbocycles. The molecule has 1 aromatic carbocycles. The Kier molecular flexibility index (Phi) is 5.38. The molecule has 2 heterocycles. The number of benzene rings is 1. The van der Waals surface area contributed by atoms with Crippen molar-refractivity contribution in [3.63, 3.8) is 0 Å². The number of hydrogen-bond donors (Lipinski definition) is 1. The number of likely N-dealkylation sites (tertiary alicyclic amines) is 1. The zero-order valence-electron chi connectivity index (χ0n) is 15.1. The molecule has 2 amide bonds. The lowest BCUT2D eigenvalue weighted by molar-refractivity contribution is 0.0318. The summed E-state index contributed by atoms with van der Waals surface area (Å²) in [7, 11) is 0. The first-order valence-corrected chi connectivity index (χ1v) is 10.4. The van der Waals surface area contributed by atoms with Crippen LogP contribution in [0, 0.1) is 0 Å². The maximum absolute atomic E-state index is 12.7. The van der Waals surface area contributed by atoms with Gasteiger partial charge in [-0.1, -0.05) is 0 Å². The third-order valence-corrected chi connectivity index (χ3v) is 6.07. The number of nitrogens with one attached hydrogen (secondary N) is 1. The van der Waals surface area contributed by atoms with E-state index in [1.165, 1.54) is 0 Å². The number of carbonyl (C=O) groups is 2. The van der Waals surface area contributed by atoms with Gasteiger partial charge in [-0.05, 0) is 62.8 Å². The Balaban J connectivity index is 1.36. The molecule has 1 aliphatic carbocycles. The van der Waals surface area contributed by atoms with Crippen LogP contribution < -0.4 is 5.32 Å².